The fraction of sp³-hybridized carbons (Fsp3) is 1.00. The summed E-state index contributed by atoms with van der Waals surface area (Å²) in [5.74, 6) is -2.50. The molecule has 2 rings (SSSR count). The largest absolute Gasteiger partial charge is 0.390 e. The highest BCUT2D eigenvalue weighted by Gasteiger charge is 2.43. The molecule has 0 aromatic rings. The van der Waals surface area contributed by atoms with E-state index in [0.717, 1.165) is 12.8 Å². The molecule has 0 radical (unpaired) electrons. The van der Waals surface area contributed by atoms with Crippen molar-refractivity contribution < 1.29 is 18.6 Å². The molecule has 0 aromatic heterocycles. The Balaban J connectivity index is 1.83. The number of hydrogen-bond donors (Lipinski definition) is 1. The van der Waals surface area contributed by atoms with Gasteiger partial charge in [0, 0.05) is 20.0 Å². The maximum absolute atomic E-state index is 13.1. The van der Waals surface area contributed by atoms with Crippen LogP contribution in [0.5, 0.6) is 0 Å². The second-order valence-electron chi connectivity index (χ2n) is 5.83. The van der Waals surface area contributed by atoms with Crippen LogP contribution in [-0.4, -0.2) is 29.8 Å². The van der Waals surface area contributed by atoms with Gasteiger partial charge in [-0.05, 0) is 44.4 Å². The minimum absolute atomic E-state index is 0.00547. The molecule has 1 unspecified atom stereocenters. The molecule has 100 valence electrons. The van der Waals surface area contributed by atoms with Crippen LogP contribution >= 0.6 is 0 Å². The summed E-state index contributed by atoms with van der Waals surface area (Å²) in [7, 11) is 1.69. The van der Waals surface area contributed by atoms with Crippen molar-refractivity contribution in [2.45, 2.75) is 69.0 Å². The first-order valence-corrected chi connectivity index (χ1v) is 6.55. The summed E-state index contributed by atoms with van der Waals surface area (Å²) < 4.78 is 31.4. The van der Waals surface area contributed by atoms with E-state index >= 15 is 0 Å². The molecule has 0 spiro atoms. The Hall–Kier alpha value is -0.220. The molecule has 1 atom stereocenters. The van der Waals surface area contributed by atoms with Crippen molar-refractivity contribution >= 4 is 0 Å². The monoisotopic (exact) mass is 248 g/mol. The molecule has 0 bridgehead atoms. The SMILES string of the molecule is COC1CCC(O)(CC2CCC(F)(F)C2)CC1. The number of ether oxygens (including phenoxy) is 1. The molecule has 2 fully saturated rings. The van der Waals surface area contributed by atoms with Crippen LogP contribution in [0.15, 0.2) is 0 Å². The van der Waals surface area contributed by atoms with Crippen LogP contribution in [0, 0.1) is 5.92 Å². The standard InChI is InChI=1S/C13H22F2O2/c1-17-11-3-5-12(16,6-4-11)8-10-2-7-13(14,15)9-10/h10-11,16H,2-9H2,1H3. The summed E-state index contributed by atoms with van der Waals surface area (Å²) in [6.45, 7) is 0. The van der Waals surface area contributed by atoms with Crippen LogP contribution < -0.4 is 0 Å². The number of hydrogen-bond acceptors (Lipinski definition) is 2. The lowest BCUT2D eigenvalue weighted by atomic mass is 9.77. The summed E-state index contributed by atoms with van der Waals surface area (Å²) in [5, 5.41) is 10.4. The minimum Gasteiger partial charge on any atom is -0.390 e. The Labute approximate surface area is 101 Å². The van der Waals surface area contributed by atoms with Crippen molar-refractivity contribution in [2.75, 3.05) is 7.11 Å². The second kappa shape index (κ2) is 4.81. The Kier molecular flexibility index (Phi) is 3.74. The van der Waals surface area contributed by atoms with Crippen LogP contribution in [0.3, 0.4) is 0 Å². The van der Waals surface area contributed by atoms with Crippen molar-refractivity contribution in [3.8, 4) is 0 Å². The minimum atomic E-state index is -2.50. The van der Waals surface area contributed by atoms with Crippen molar-refractivity contribution in [1.82, 2.24) is 0 Å². The van der Waals surface area contributed by atoms with E-state index in [1.807, 2.05) is 0 Å². The van der Waals surface area contributed by atoms with E-state index in [-0.39, 0.29) is 24.9 Å². The maximum Gasteiger partial charge on any atom is 0.248 e. The molecule has 0 saturated heterocycles. The van der Waals surface area contributed by atoms with Crippen LogP contribution in [0.2, 0.25) is 0 Å². The predicted octanol–water partition coefficient (Wildman–Crippen LogP) is 3.13. The fourth-order valence-electron chi connectivity index (χ4n) is 3.32. The van der Waals surface area contributed by atoms with Gasteiger partial charge in [0.05, 0.1) is 11.7 Å². The Morgan fingerprint density at radius 3 is 2.29 bits per heavy atom. The second-order valence-corrected chi connectivity index (χ2v) is 5.83. The molecule has 0 aliphatic heterocycles. The third-order valence-corrected chi connectivity index (χ3v) is 4.37. The molecule has 1 N–H and O–H groups in total. The Morgan fingerprint density at radius 2 is 1.82 bits per heavy atom. The van der Waals surface area contributed by atoms with Crippen LogP contribution in [-0.2, 0) is 4.74 Å². The molecule has 2 aliphatic rings. The van der Waals surface area contributed by atoms with Gasteiger partial charge in [-0.15, -0.1) is 0 Å². The molecule has 2 saturated carbocycles. The summed E-state index contributed by atoms with van der Waals surface area (Å²) in [6.07, 6.45) is 4.35. The van der Waals surface area contributed by atoms with Crippen LogP contribution in [0.25, 0.3) is 0 Å². The van der Waals surface area contributed by atoms with E-state index in [1.165, 1.54) is 0 Å². The van der Waals surface area contributed by atoms with Gasteiger partial charge in [-0.2, -0.15) is 0 Å². The molecule has 0 heterocycles. The molecular weight excluding hydrogens is 226 g/mol. The third kappa shape index (κ3) is 3.38. The van der Waals surface area contributed by atoms with Crippen LogP contribution in [0.1, 0.15) is 51.4 Å². The summed E-state index contributed by atoms with van der Waals surface area (Å²) in [4.78, 5) is 0. The molecule has 2 nitrogen and oxygen atoms in total. The lowest BCUT2D eigenvalue weighted by Crippen LogP contribution is -2.38. The fourth-order valence-corrected chi connectivity index (χ4v) is 3.32. The van der Waals surface area contributed by atoms with Crippen molar-refractivity contribution in [1.29, 1.82) is 0 Å². The summed E-state index contributed by atoms with van der Waals surface area (Å²) in [5.41, 5.74) is -0.722. The highest BCUT2D eigenvalue weighted by molar-refractivity contribution is 4.91. The predicted molar refractivity (Wildman–Crippen MR) is 61.1 cm³/mol. The van der Waals surface area contributed by atoms with Crippen molar-refractivity contribution in [2.24, 2.45) is 5.92 Å². The van der Waals surface area contributed by atoms with Gasteiger partial charge >= 0.3 is 0 Å². The van der Waals surface area contributed by atoms with Crippen LogP contribution in [0.4, 0.5) is 8.78 Å². The zero-order valence-corrected chi connectivity index (χ0v) is 10.4. The number of aliphatic hydroxyl groups is 1. The van der Waals surface area contributed by atoms with Gasteiger partial charge in [0.1, 0.15) is 0 Å². The molecule has 4 heteroatoms. The lowest BCUT2D eigenvalue weighted by molar-refractivity contribution is -0.0603. The first-order valence-electron chi connectivity index (χ1n) is 6.55. The quantitative estimate of drug-likeness (QED) is 0.831. The lowest BCUT2D eigenvalue weighted by Gasteiger charge is -2.37. The number of halogens is 2. The van der Waals surface area contributed by atoms with E-state index in [2.05, 4.69) is 0 Å². The molecule has 2 aliphatic carbocycles. The van der Waals surface area contributed by atoms with E-state index in [0.29, 0.717) is 25.7 Å². The average molecular weight is 248 g/mol. The van der Waals surface area contributed by atoms with E-state index in [1.54, 1.807) is 7.11 Å². The van der Waals surface area contributed by atoms with Crippen molar-refractivity contribution in [3.63, 3.8) is 0 Å². The van der Waals surface area contributed by atoms with E-state index in [4.69, 9.17) is 4.74 Å². The number of methoxy groups -OCH3 is 1. The van der Waals surface area contributed by atoms with Crippen molar-refractivity contribution in [3.05, 3.63) is 0 Å². The third-order valence-electron chi connectivity index (χ3n) is 4.37. The maximum atomic E-state index is 13.1. The number of rotatable bonds is 3. The van der Waals surface area contributed by atoms with Gasteiger partial charge in [0.25, 0.3) is 0 Å². The van der Waals surface area contributed by atoms with Gasteiger partial charge in [-0.1, -0.05) is 0 Å². The molecule has 17 heavy (non-hydrogen) atoms. The topological polar surface area (TPSA) is 29.5 Å². The zero-order chi connectivity index (χ0) is 12.5. The van der Waals surface area contributed by atoms with Gasteiger partial charge in [0.15, 0.2) is 0 Å². The molecule has 0 amide bonds. The number of alkyl halides is 2. The average Bonchev–Trinajstić information content (AvgIpc) is 2.58. The zero-order valence-electron chi connectivity index (χ0n) is 10.4. The highest BCUT2D eigenvalue weighted by atomic mass is 19.3. The summed E-state index contributed by atoms with van der Waals surface area (Å²) >= 11 is 0. The smallest absolute Gasteiger partial charge is 0.248 e. The van der Waals surface area contributed by atoms with Gasteiger partial charge in [-0.25, -0.2) is 8.78 Å². The van der Waals surface area contributed by atoms with E-state index in [9.17, 15) is 13.9 Å². The first-order chi connectivity index (χ1) is 7.92. The Bertz CT molecular complexity index is 260. The van der Waals surface area contributed by atoms with Gasteiger partial charge < -0.3 is 9.84 Å². The highest BCUT2D eigenvalue weighted by Crippen LogP contribution is 2.44. The van der Waals surface area contributed by atoms with Gasteiger partial charge in [-0.3, -0.25) is 0 Å². The summed E-state index contributed by atoms with van der Waals surface area (Å²) in [6, 6.07) is 0. The Morgan fingerprint density at radius 1 is 1.18 bits per heavy atom. The normalized spacial score (nSPS) is 41.6. The molecular formula is C13H22F2O2. The first kappa shape index (κ1) is 13.2. The van der Waals surface area contributed by atoms with E-state index < -0.39 is 11.5 Å². The molecule has 0 aromatic carbocycles. The van der Waals surface area contributed by atoms with Gasteiger partial charge in [0.2, 0.25) is 5.92 Å².